The molecule has 2 fully saturated rings. The molecule has 2 aliphatic heterocycles. The van der Waals surface area contributed by atoms with Crippen LogP contribution in [0.2, 0.25) is 0 Å². The van der Waals surface area contributed by atoms with Crippen LogP contribution in [-0.2, 0) is 57.8 Å². The molecule has 72 heavy (non-hydrogen) atoms. The molecule has 0 aliphatic carbocycles. The maximum Gasteiger partial charge on any atom is 0.426 e. The first-order valence-corrected chi connectivity index (χ1v) is 25.5. The number of anilines is 2. The molecule has 2 saturated heterocycles. The number of hydrazine groups is 2. The number of nitrogens with zero attached hydrogens (tertiary/aromatic N) is 6. The molecule has 0 radical (unpaired) electrons. The summed E-state index contributed by atoms with van der Waals surface area (Å²) >= 11 is 1.96. The third-order valence-electron chi connectivity index (χ3n) is 11.1. The highest BCUT2D eigenvalue weighted by molar-refractivity contribution is 14.1. The number of piperazine rings is 2. The number of hydrogen-bond donors (Lipinski definition) is 6. The quantitative estimate of drug-likeness (QED) is 0.0323. The number of rotatable bonds is 11. The normalized spacial score (nSPS) is 13.5. The number of nitrogens with two attached hydrogens (primary N) is 2. The van der Waals surface area contributed by atoms with Gasteiger partial charge in [-0.1, -0.05) is 71.1 Å². The van der Waals surface area contributed by atoms with Crippen molar-refractivity contribution in [1.29, 1.82) is 0 Å². The van der Waals surface area contributed by atoms with E-state index in [1.54, 1.807) is 55.4 Å². The Balaban J connectivity index is 0.000000327. The Bertz CT molecular complexity index is 2280. The molecule has 19 nitrogen and oxygen atoms in total. The zero-order valence-electron chi connectivity index (χ0n) is 44.3. The van der Waals surface area contributed by atoms with E-state index in [-0.39, 0.29) is 11.8 Å². The van der Waals surface area contributed by atoms with Gasteiger partial charge < -0.3 is 40.1 Å². The van der Waals surface area contributed by atoms with Crippen LogP contribution in [0.15, 0.2) is 85.2 Å². The molecule has 20 heteroatoms. The fourth-order valence-electron chi connectivity index (χ4n) is 7.22. The van der Waals surface area contributed by atoms with Crippen molar-refractivity contribution >= 4 is 64.0 Å². The maximum absolute atomic E-state index is 11.9. The Labute approximate surface area is 441 Å². The van der Waals surface area contributed by atoms with E-state index in [2.05, 4.69) is 84.5 Å². The molecule has 2 aromatic carbocycles. The maximum atomic E-state index is 11.9. The number of alkyl halides is 1. The Morgan fingerprint density at radius 2 is 0.986 bits per heavy atom. The molecule has 4 heterocycles. The molecule has 2 aromatic heterocycles. The molecule has 0 saturated carbocycles. The summed E-state index contributed by atoms with van der Waals surface area (Å²) in [6.45, 7) is 21.1. The van der Waals surface area contributed by atoms with Crippen LogP contribution in [0, 0.1) is 0 Å². The SMILES string of the molecule is CC(=O)N1CCN(c2ccc(CCc3ccc(CN)cc3)nc2)CC1.CC(=O)N1CCN(c2ccc(CCc3ccc(CNC(=O)NNC(=O)OC(C)(C)C)cc3)nc2)CC1.CC(C)(C)OC(=O)NN.[2H]CI. The molecular formula is C52H77IN12O7. The number of benzene rings is 2. The Morgan fingerprint density at radius 1 is 0.597 bits per heavy atom. The van der Waals surface area contributed by atoms with Crippen LogP contribution in [0.3, 0.4) is 0 Å². The summed E-state index contributed by atoms with van der Waals surface area (Å²) in [5.74, 6) is 5.04. The van der Waals surface area contributed by atoms with Crippen molar-refractivity contribution in [3.8, 4) is 0 Å². The highest BCUT2D eigenvalue weighted by atomic mass is 127. The molecule has 0 bridgehead atoms. The van der Waals surface area contributed by atoms with E-state index in [1.165, 1.54) is 11.1 Å². The van der Waals surface area contributed by atoms with Gasteiger partial charge in [0.25, 0.3) is 0 Å². The summed E-state index contributed by atoms with van der Waals surface area (Å²) in [7, 11) is 0. The summed E-state index contributed by atoms with van der Waals surface area (Å²) in [5, 5.41) is 2.68. The van der Waals surface area contributed by atoms with Crippen molar-refractivity contribution in [1.82, 2.24) is 41.4 Å². The van der Waals surface area contributed by atoms with Crippen molar-refractivity contribution < 1.29 is 34.8 Å². The first kappa shape index (κ1) is 58.3. The van der Waals surface area contributed by atoms with E-state index in [9.17, 15) is 24.0 Å². The number of ether oxygens (including phenoxy) is 2. The van der Waals surface area contributed by atoms with Gasteiger partial charge in [0.2, 0.25) is 11.8 Å². The van der Waals surface area contributed by atoms with Gasteiger partial charge in [0.1, 0.15) is 11.2 Å². The van der Waals surface area contributed by atoms with E-state index in [0.29, 0.717) is 18.0 Å². The number of urea groups is 1. The second kappa shape index (κ2) is 30.6. The molecule has 394 valence electrons. The van der Waals surface area contributed by atoms with Gasteiger partial charge in [-0.05, 0) is 119 Å². The van der Waals surface area contributed by atoms with Crippen molar-refractivity contribution in [3.05, 3.63) is 119 Å². The Hall–Kier alpha value is -6.26. The highest BCUT2D eigenvalue weighted by Gasteiger charge is 2.21. The van der Waals surface area contributed by atoms with Crippen LogP contribution in [0.1, 0.15) is 90.4 Å². The minimum absolute atomic E-state index is 0.130. The number of hydrogen-bond acceptors (Lipinski definition) is 13. The largest absolute Gasteiger partial charge is 0.443 e. The predicted molar refractivity (Wildman–Crippen MR) is 291 cm³/mol. The summed E-state index contributed by atoms with van der Waals surface area (Å²) in [6, 6.07) is 24.4. The average Bonchev–Trinajstić information content (AvgIpc) is 3.36. The molecule has 2 aliphatic rings. The van der Waals surface area contributed by atoms with E-state index >= 15 is 0 Å². The monoisotopic (exact) mass is 1110 g/mol. The zero-order chi connectivity index (χ0) is 54.0. The summed E-state index contributed by atoms with van der Waals surface area (Å²) in [6.07, 6.45) is 6.13. The lowest BCUT2D eigenvalue weighted by molar-refractivity contribution is -0.129. The number of carbonyl (C=O) groups excluding carboxylic acids is 5. The molecule has 6 amide bonds. The topological polar surface area (TPSA) is 243 Å². The Morgan fingerprint density at radius 3 is 1.32 bits per heavy atom. The van der Waals surface area contributed by atoms with Crippen LogP contribution in [0.4, 0.5) is 25.8 Å². The third-order valence-corrected chi connectivity index (χ3v) is 11.1. The van der Waals surface area contributed by atoms with Gasteiger partial charge in [-0.25, -0.2) is 31.1 Å². The van der Waals surface area contributed by atoms with Crippen LogP contribution in [0.25, 0.3) is 0 Å². The zero-order valence-corrected chi connectivity index (χ0v) is 45.4. The van der Waals surface area contributed by atoms with Crippen molar-refractivity contribution in [2.45, 2.75) is 105 Å². The number of aromatic nitrogens is 2. The molecule has 8 N–H and O–H groups in total. The van der Waals surface area contributed by atoms with Gasteiger partial charge in [0.15, 0.2) is 0 Å². The second-order valence-electron chi connectivity index (χ2n) is 18.9. The molecular weight excluding hydrogens is 1030 g/mol. The van der Waals surface area contributed by atoms with Crippen molar-refractivity contribution in [2.75, 3.05) is 67.1 Å². The van der Waals surface area contributed by atoms with Crippen molar-refractivity contribution in [3.63, 3.8) is 0 Å². The lowest BCUT2D eigenvalue weighted by atomic mass is 10.1. The average molecular weight is 1110 g/mol. The summed E-state index contributed by atoms with van der Waals surface area (Å²) in [4.78, 5) is 74.7. The standard InChI is InChI=1S/C26H36N6O4.C20H26N4O.C5H12N2O2.CH3I/c1-19(33)31-13-15-32(16-14-31)23-12-11-22(27-18-23)10-9-20-5-7-21(8-6-20)17-28-24(34)29-30-25(35)36-26(2,3)4;1-16(25)23-10-12-24(13-11-23)20-9-8-19(22-15-20)7-6-17-2-4-18(14-21)5-3-17;1-5(2,3)9-4(8)7-6;1-2/h5-8,11-12,18H,9-10,13-17H2,1-4H3,(H,30,35)(H2,28,29,34);2-5,8-9,15H,6-7,10-14,21H2,1H3;6H2,1-3H3,(H,7,8);1H3/i;;;1D. The molecule has 0 unspecified atom stereocenters. The fourth-order valence-corrected chi connectivity index (χ4v) is 7.22. The smallest absolute Gasteiger partial charge is 0.426 e. The number of amides is 6. The first-order chi connectivity index (χ1) is 34.6. The minimum Gasteiger partial charge on any atom is -0.443 e. The molecule has 4 aromatic rings. The summed E-state index contributed by atoms with van der Waals surface area (Å²) in [5.41, 5.74) is 19.8. The highest BCUT2D eigenvalue weighted by Crippen LogP contribution is 2.19. The fraction of sp³-hybridized carbons (Fsp3) is 0.481. The number of nitrogens with one attached hydrogen (secondary N) is 4. The number of pyridine rings is 2. The van der Waals surface area contributed by atoms with E-state index in [0.717, 1.165) is 112 Å². The third kappa shape index (κ3) is 23.3. The van der Waals surface area contributed by atoms with E-state index in [1.807, 2.05) is 74.5 Å². The van der Waals surface area contributed by atoms with Crippen molar-refractivity contribution in [2.24, 2.45) is 11.6 Å². The number of carbonyl (C=O) groups is 5. The van der Waals surface area contributed by atoms with Crippen LogP contribution >= 0.6 is 22.6 Å². The van der Waals surface area contributed by atoms with Crippen LogP contribution < -0.4 is 43.0 Å². The lowest BCUT2D eigenvalue weighted by Gasteiger charge is -2.35. The number of aryl methyl sites for hydroxylation is 4. The van der Waals surface area contributed by atoms with Gasteiger partial charge in [0, 0.05) is 92.1 Å². The van der Waals surface area contributed by atoms with E-state index in [4.69, 9.17) is 22.4 Å². The minimum atomic E-state index is -0.723. The van der Waals surface area contributed by atoms with Gasteiger partial charge in [-0.3, -0.25) is 25.0 Å². The van der Waals surface area contributed by atoms with Gasteiger partial charge in [-0.15, -0.1) is 0 Å². The molecule has 0 spiro atoms. The van der Waals surface area contributed by atoms with Gasteiger partial charge >= 0.3 is 18.2 Å². The van der Waals surface area contributed by atoms with E-state index < -0.39 is 29.4 Å². The summed E-state index contributed by atoms with van der Waals surface area (Å²) < 4.78 is 16.0. The van der Waals surface area contributed by atoms with Crippen LogP contribution in [-0.4, -0.2) is 118 Å². The molecule has 6 rings (SSSR count). The number of halogens is 1. The lowest BCUT2D eigenvalue weighted by Crippen LogP contribution is -2.48. The first-order valence-electron chi connectivity index (χ1n) is 24.7. The second-order valence-corrected chi connectivity index (χ2v) is 18.9. The van der Waals surface area contributed by atoms with Crippen LogP contribution in [0.5, 0.6) is 0 Å². The van der Waals surface area contributed by atoms with Gasteiger partial charge in [-0.2, -0.15) is 0 Å². The predicted octanol–water partition coefficient (Wildman–Crippen LogP) is 6.20. The Kier molecular flexibility index (Phi) is 24.8. The molecule has 0 atom stereocenters. The van der Waals surface area contributed by atoms with Gasteiger partial charge in [0.05, 0.1) is 23.8 Å².